The normalized spacial score (nSPS) is 11.5. The van der Waals surface area contributed by atoms with Crippen LogP contribution in [-0.4, -0.2) is 10.5 Å². The molecule has 0 bridgehead atoms. The first-order valence-electron chi connectivity index (χ1n) is 9.93. The lowest BCUT2D eigenvalue weighted by molar-refractivity contribution is 0.0929. The van der Waals surface area contributed by atoms with Gasteiger partial charge < -0.3 is 9.88 Å². The zero-order chi connectivity index (χ0) is 21.6. The number of hydrogen-bond donors (Lipinski definition) is 1. The Hall–Kier alpha value is -3.62. The predicted molar refractivity (Wildman–Crippen MR) is 125 cm³/mol. The van der Waals surface area contributed by atoms with Crippen LogP contribution in [0.5, 0.6) is 0 Å². The number of nitrogens with one attached hydrogen (secondary N) is 1. The molecule has 0 fully saturated rings. The number of carbonyl (C=O) groups excluding carboxylic acids is 1. The number of rotatable bonds is 6. The van der Waals surface area contributed by atoms with Crippen LogP contribution in [0, 0.1) is 11.3 Å². The summed E-state index contributed by atoms with van der Waals surface area (Å²) in [4.78, 5) is 13.4. The zero-order valence-corrected chi connectivity index (χ0v) is 18.3. The van der Waals surface area contributed by atoms with Gasteiger partial charge in [0.1, 0.15) is 11.8 Å². The van der Waals surface area contributed by atoms with E-state index in [9.17, 15) is 10.1 Å². The third kappa shape index (κ3) is 4.76. The molecule has 0 radical (unpaired) electrons. The molecule has 4 nitrogen and oxygen atoms in total. The highest BCUT2D eigenvalue weighted by atomic mass is 79.9. The van der Waals surface area contributed by atoms with E-state index in [2.05, 4.69) is 27.3 Å². The van der Waals surface area contributed by atoms with Gasteiger partial charge in [-0.2, -0.15) is 5.26 Å². The summed E-state index contributed by atoms with van der Waals surface area (Å²) in [6.45, 7) is 0. The van der Waals surface area contributed by atoms with Gasteiger partial charge in [0.2, 0.25) is 0 Å². The van der Waals surface area contributed by atoms with Crippen molar-refractivity contribution in [3.05, 3.63) is 124 Å². The molecule has 3 aromatic carbocycles. The molecule has 31 heavy (non-hydrogen) atoms. The van der Waals surface area contributed by atoms with Gasteiger partial charge in [0.15, 0.2) is 0 Å². The van der Waals surface area contributed by atoms with Crippen molar-refractivity contribution < 1.29 is 4.79 Å². The molecule has 152 valence electrons. The largest absolute Gasteiger partial charge is 0.344 e. The van der Waals surface area contributed by atoms with E-state index in [-0.39, 0.29) is 11.9 Å². The van der Waals surface area contributed by atoms with E-state index in [4.69, 9.17) is 0 Å². The first kappa shape index (κ1) is 20.6. The Balaban J connectivity index is 1.69. The number of amides is 1. The van der Waals surface area contributed by atoms with E-state index in [0.717, 1.165) is 21.3 Å². The van der Waals surface area contributed by atoms with Gasteiger partial charge in [0.25, 0.3) is 5.91 Å². The number of halogens is 1. The first-order valence-corrected chi connectivity index (χ1v) is 10.7. The number of nitrogens with zero attached hydrogens (tertiary/aromatic N) is 2. The van der Waals surface area contributed by atoms with Crippen LogP contribution >= 0.6 is 15.9 Å². The Morgan fingerprint density at radius 1 is 0.968 bits per heavy atom. The average molecular weight is 470 g/mol. The van der Waals surface area contributed by atoms with Gasteiger partial charge in [-0.05, 0) is 41.8 Å². The lowest BCUT2D eigenvalue weighted by Gasteiger charge is -2.20. The molecule has 1 aromatic heterocycles. The summed E-state index contributed by atoms with van der Waals surface area (Å²) >= 11 is 3.47. The summed E-state index contributed by atoms with van der Waals surface area (Å²) in [5.74, 6) is -0.286. The van der Waals surface area contributed by atoms with Crippen LogP contribution in [0.3, 0.4) is 0 Å². The minimum atomic E-state index is -0.286. The topological polar surface area (TPSA) is 57.8 Å². The SMILES string of the molecule is N#Cc1ccn(-c2cccc(Br)c2)c1C(=O)NC(Cc1ccccc1)c1ccccc1. The van der Waals surface area contributed by atoms with E-state index in [1.165, 1.54) is 0 Å². The molecular weight excluding hydrogens is 450 g/mol. The lowest BCUT2D eigenvalue weighted by atomic mass is 9.98. The van der Waals surface area contributed by atoms with Gasteiger partial charge in [0, 0.05) is 16.4 Å². The van der Waals surface area contributed by atoms with E-state index in [0.29, 0.717) is 17.7 Å². The second kappa shape index (κ2) is 9.46. The van der Waals surface area contributed by atoms with Crippen LogP contribution in [0.25, 0.3) is 5.69 Å². The van der Waals surface area contributed by atoms with E-state index < -0.39 is 0 Å². The van der Waals surface area contributed by atoms with Crippen molar-refractivity contribution in [2.75, 3.05) is 0 Å². The maximum atomic E-state index is 13.4. The number of aromatic nitrogens is 1. The Bertz CT molecular complexity index is 1230. The molecule has 5 heteroatoms. The molecule has 0 spiro atoms. The number of carbonyl (C=O) groups is 1. The second-order valence-electron chi connectivity index (χ2n) is 7.17. The van der Waals surface area contributed by atoms with Crippen molar-refractivity contribution in [1.29, 1.82) is 5.26 Å². The molecule has 0 aliphatic carbocycles. The lowest BCUT2D eigenvalue weighted by Crippen LogP contribution is -2.32. The van der Waals surface area contributed by atoms with E-state index >= 15 is 0 Å². The van der Waals surface area contributed by atoms with Crippen LogP contribution in [-0.2, 0) is 6.42 Å². The van der Waals surface area contributed by atoms with Crippen molar-refractivity contribution >= 4 is 21.8 Å². The van der Waals surface area contributed by atoms with Crippen LogP contribution in [0.15, 0.2) is 102 Å². The Morgan fingerprint density at radius 3 is 2.35 bits per heavy atom. The van der Waals surface area contributed by atoms with Gasteiger partial charge in [-0.3, -0.25) is 4.79 Å². The van der Waals surface area contributed by atoms with Crippen molar-refractivity contribution in [2.45, 2.75) is 12.5 Å². The molecule has 0 aliphatic rings. The molecule has 1 heterocycles. The predicted octanol–water partition coefficient (Wildman–Crippen LogP) is 5.83. The quantitative estimate of drug-likeness (QED) is 0.386. The summed E-state index contributed by atoms with van der Waals surface area (Å²) in [7, 11) is 0. The minimum Gasteiger partial charge on any atom is -0.344 e. The molecular formula is C26H20BrN3O. The van der Waals surface area contributed by atoms with Gasteiger partial charge in [-0.25, -0.2) is 0 Å². The molecule has 0 saturated carbocycles. The summed E-state index contributed by atoms with van der Waals surface area (Å²) in [6, 6.07) is 31.2. The number of benzene rings is 3. The Labute approximate surface area is 189 Å². The molecule has 0 aliphatic heterocycles. The molecule has 1 unspecified atom stereocenters. The van der Waals surface area contributed by atoms with Crippen LogP contribution in [0.1, 0.15) is 33.2 Å². The van der Waals surface area contributed by atoms with E-state index in [1.807, 2.05) is 84.9 Å². The van der Waals surface area contributed by atoms with Crippen molar-refractivity contribution in [3.63, 3.8) is 0 Å². The van der Waals surface area contributed by atoms with Gasteiger partial charge in [-0.1, -0.05) is 82.7 Å². The number of hydrogen-bond acceptors (Lipinski definition) is 2. The summed E-state index contributed by atoms with van der Waals surface area (Å²) in [5, 5.41) is 12.8. The monoisotopic (exact) mass is 469 g/mol. The molecule has 0 saturated heterocycles. The van der Waals surface area contributed by atoms with Crippen LogP contribution < -0.4 is 5.32 Å². The fourth-order valence-corrected chi connectivity index (χ4v) is 4.00. The fraction of sp³-hybridized carbons (Fsp3) is 0.0769. The fourth-order valence-electron chi connectivity index (χ4n) is 3.61. The van der Waals surface area contributed by atoms with Crippen molar-refractivity contribution in [2.24, 2.45) is 0 Å². The summed E-state index contributed by atoms with van der Waals surface area (Å²) in [5.41, 5.74) is 3.61. The standard InChI is InChI=1S/C26H20BrN3O/c27-22-12-7-13-23(17-22)30-15-14-21(18-28)25(30)26(31)29-24(20-10-5-2-6-11-20)16-19-8-3-1-4-9-19/h1-15,17,24H,16H2,(H,29,31). The van der Waals surface area contributed by atoms with Gasteiger partial charge in [-0.15, -0.1) is 0 Å². The smallest absolute Gasteiger partial charge is 0.270 e. The third-order valence-electron chi connectivity index (χ3n) is 5.10. The highest BCUT2D eigenvalue weighted by Crippen LogP contribution is 2.23. The highest BCUT2D eigenvalue weighted by molar-refractivity contribution is 9.10. The summed E-state index contributed by atoms with van der Waals surface area (Å²) in [6.07, 6.45) is 2.40. The molecule has 1 atom stereocenters. The first-order chi connectivity index (χ1) is 15.2. The third-order valence-corrected chi connectivity index (χ3v) is 5.59. The van der Waals surface area contributed by atoms with Crippen molar-refractivity contribution in [1.82, 2.24) is 9.88 Å². The molecule has 1 amide bonds. The van der Waals surface area contributed by atoms with Crippen molar-refractivity contribution in [3.8, 4) is 11.8 Å². The zero-order valence-electron chi connectivity index (χ0n) is 16.7. The second-order valence-corrected chi connectivity index (χ2v) is 8.08. The summed E-state index contributed by atoms with van der Waals surface area (Å²) < 4.78 is 2.65. The van der Waals surface area contributed by atoms with Crippen LogP contribution in [0.4, 0.5) is 0 Å². The Morgan fingerprint density at radius 2 is 1.68 bits per heavy atom. The average Bonchev–Trinajstić information content (AvgIpc) is 3.24. The highest BCUT2D eigenvalue weighted by Gasteiger charge is 2.22. The van der Waals surface area contributed by atoms with Gasteiger partial charge in [0.05, 0.1) is 11.6 Å². The molecule has 4 aromatic rings. The van der Waals surface area contributed by atoms with Crippen LogP contribution in [0.2, 0.25) is 0 Å². The van der Waals surface area contributed by atoms with Gasteiger partial charge >= 0.3 is 0 Å². The molecule has 4 rings (SSSR count). The maximum Gasteiger partial charge on any atom is 0.270 e. The maximum absolute atomic E-state index is 13.4. The minimum absolute atomic E-state index is 0.228. The van der Waals surface area contributed by atoms with E-state index in [1.54, 1.807) is 16.8 Å². The molecule has 1 N–H and O–H groups in total. The Kier molecular flexibility index (Phi) is 6.30. The number of nitriles is 1.